The minimum atomic E-state index is -3.65. The zero-order valence-corrected chi connectivity index (χ0v) is 12.4. The van der Waals surface area contributed by atoms with E-state index >= 15 is 0 Å². The molecule has 110 valence electrons. The van der Waals surface area contributed by atoms with Gasteiger partial charge in [0.1, 0.15) is 0 Å². The van der Waals surface area contributed by atoms with Crippen molar-refractivity contribution < 1.29 is 13.2 Å². The average molecular weight is 304 g/mol. The van der Waals surface area contributed by atoms with Crippen LogP contribution in [0.25, 0.3) is 0 Å². The summed E-state index contributed by atoms with van der Waals surface area (Å²) < 4.78 is 25.6. The first kappa shape index (κ1) is 15.2. The van der Waals surface area contributed by atoms with Gasteiger partial charge < -0.3 is 5.32 Å². The molecule has 1 amide bonds. The number of para-hydroxylation sites is 1. The molecular formula is C15H16N2O3S. The van der Waals surface area contributed by atoms with Crippen LogP contribution >= 0.6 is 0 Å². The van der Waals surface area contributed by atoms with Crippen LogP contribution < -0.4 is 5.32 Å². The lowest BCUT2D eigenvalue weighted by Gasteiger charge is -2.16. The van der Waals surface area contributed by atoms with Crippen LogP contribution in [0.3, 0.4) is 0 Å². The number of carbonyl (C=O) groups is 1. The van der Waals surface area contributed by atoms with Gasteiger partial charge in [0.05, 0.1) is 11.4 Å². The first-order valence-electron chi connectivity index (χ1n) is 6.36. The smallest absolute Gasteiger partial charge is 0.243 e. The van der Waals surface area contributed by atoms with Crippen LogP contribution in [0, 0.1) is 0 Å². The van der Waals surface area contributed by atoms with Crippen molar-refractivity contribution in [1.82, 2.24) is 4.31 Å². The normalized spacial score (nSPS) is 11.3. The van der Waals surface area contributed by atoms with Gasteiger partial charge in [0.15, 0.2) is 0 Å². The van der Waals surface area contributed by atoms with E-state index in [9.17, 15) is 13.2 Å². The number of carbonyl (C=O) groups excluding carboxylic acids is 1. The quantitative estimate of drug-likeness (QED) is 0.918. The number of amides is 1. The molecule has 2 aromatic carbocycles. The van der Waals surface area contributed by atoms with Crippen LogP contribution in [0.2, 0.25) is 0 Å². The predicted octanol–water partition coefficient (Wildman–Crippen LogP) is 1.95. The third-order valence-corrected chi connectivity index (χ3v) is 4.69. The predicted molar refractivity (Wildman–Crippen MR) is 81.3 cm³/mol. The molecule has 0 radical (unpaired) electrons. The summed E-state index contributed by atoms with van der Waals surface area (Å²) in [6, 6.07) is 16.9. The number of hydrogen-bond donors (Lipinski definition) is 1. The highest BCUT2D eigenvalue weighted by molar-refractivity contribution is 7.89. The Hall–Kier alpha value is -2.18. The first-order chi connectivity index (χ1) is 10.00. The van der Waals surface area contributed by atoms with Crippen molar-refractivity contribution in [2.75, 3.05) is 18.9 Å². The van der Waals surface area contributed by atoms with Crippen molar-refractivity contribution in [3.63, 3.8) is 0 Å². The van der Waals surface area contributed by atoms with Gasteiger partial charge in [-0.1, -0.05) is 36.4 Å². The molecule has 0 aromatic heterocycles. The number of benzene rings is 2. The molecule has 0 aliphatic carbocycles. The van der Waals surface area contributed by atoms with E-state index in [0.29, 0.717) is 5.69 Å². The maximum atomic E-state index is 12.3. The summed E-state index contributed by atoms with van der Waals surface area (Å²) in [5, 5.41) is 2.65. The molecule has 1 N–H and O–H groups in total. The molecule has 0 aliphatic heterocycles. The molecule has 0 unspecified atom stereocenters. The van der Waals surface area contributed by atoms with Crippen molar-refractivity contribution in [1.29, 1.82) is 0 Å². The fourth-order valence-corrected chi connectivity index (χ4v) is 2.93. The number of nitrogens with one attached hydrogen (secondary N) is 1. The second kappa shape index (κ2) is 6.51. The lowest BCUT2D eigenvalue weighted by Crippen LogP contribution is -2.34. The molecule has 0 saturated carbocycles. The second-order valence-corrected chi connectivity index (χ2v) is 6.53. The van der Waals surface area contributed by atoms with E-state index in [4.69, 9.17) is 0 Å². The molecule has 0 aliphatic rings. The Morgan fingerprint density at radius 2 is 1.52 bits per heavy atom. The Balaban J connectivity index is 2.04. The van der Waals surface area contributed by atoms with Crippen LogP contribution in [-0.4, -0.2) is 32.2 Å². The van der Waals surface area contributed by atoms with E-state index in [-0.39, 0.29) is 17.3 Å². The summed E-state index contributed by atoms with van der Waals surface area (Å²) in [5.74, 6) is -0.386. The van der Waals surface area contributed by atoms with Gasteiger partial charge in [-0.3, -0.25) is 4.79 Å². The molecular weight excluding hydrogens is 288 g/mol. The zero-order chi connectivity index (χ0) is 15.3. The fraction of sp³-hybridized carbons (Fsp3) is 0.133. The van der Waals surface area contributed by atoms with Gasteiger partial charge in [-0.25, -0.2) is 8.42 Å². The molecule has 2 rings (SSSR count). The van der Waals surface area contributed by atoms with Crippen molar-refractivity contribution in [3.05, 3.63) is 60.7 Å². The van der Waals surface area contributed by atoms with E-state index < -0.39 is 10.0 Å². The molecule has 0 heterocycles. The molecule has 2 aromatic rings. The number of sulfonamides is 1. The Morgan fingerprint density at radius 1 is 1.00 bits per heavy atom. The monoisotopic (exact) mass is 304 g/mol. The Kier molecular flexibility index (Phi) is 4.72. The second-order valence-electron chi connectivity index (χ2n) is 4.49. The van der Waals surface area contributed by atoms with Crippen molar-refractivity contribution in [3.8, 4) is 0 Å². The maximum Gasteiger partial charge on any atom is 0.243 e. The van der Waals surface area contributed by atoms with Crippen molar-refractivity contribution in [2.24, 2.45) is 0 Å². The van der Waals surface area contributed by atoms with Gasteiger partial charge in [0.2, 0.25) is 15.9 Å². The fourth-order valence-electron chi connectivity index (χ4n) is 1.78. The van der Waals surface area contributed by atoms with Gasteiger partial charge in [-0.05, 0) is 24.3 Å². The van der Waals surface area contributed by atoms with Gasteiger partial charge in [-0.15, -0.1) is 0 Å². The highest BCUT2D eigenvalue weighted by Crippen LogP contribution is 2.13. The van der Waals surface area contributed by atoms with E-state index in [2.05, 4.69) is 5.32 Å². The number of likely N-dealkylation sites (N-methyl/N-ethyl adjacent to an activating group) is 1. The number of hydrogen-bond acceptors (Lipinski definition) is 3. The maximum absolute atomic E-state index is 12.3. The van der Waals surface area contributed by atoms with Gasteiger partial charge in [0.25, 0.3) is 0 Å². The number of anilines is 1. The summed E-state index contributed by atoms with van der Waals surface area (Å²) >= 11 is 0. The number of rotatable bonds is 5. The summed E-state index contributed by atoms with van der Waals surface area (Å²) in [4.78, 5) is 12.1. The van der Waals surface area contributed by atoms with E-state index in [1.807, 2.05) is 6.07 Å². The lowest BCUT2D eigenvalue weighted by atomic mass is 10.3. The van der Waals surface area contributed by atoms with Crippen molar-refractivity contribution >= 4 is 21.6 Å². The van der Waals surface area contributed by atoms with Crippen LogP contribution in [0.5, 0.6) is 0 Å². The summed E-state index contributed by atoms with van der Waals surface area (Å²) in [6.07, 6.45) is 0. The third-order valence-electron chi connectivity index (χ3n) is 2.88. The van der Waals surface area contributed by atoms with Crippen LogP contribution in [0.15, 0.2) is 65.6 Å². The Bertz CT molecular complexity index is 700. The topological polar surface area (TPSA) is 66.5 Å². The summed E-state index contributed by atoms with van der Waals surface area (Å²) in [6.45, 7) is -0.244. The number of nitrogens with zero attached hydrogens (tertiary/aromatic N) is 1. The zero-order valence-electron chi connectivity index (χ0n) is 11.6. The van der Waals surface area contributed by atoms with Crippen LogP contribution in [0.1, 0.15) is 0 Å². The summed E-state index contributed by atoms with van der Waals surface area (Å²) in [5.41, 5.74) is 0.632. The minimum absolute atomic E-state index is 0.167. The highest BCUT2D eigenvalue weighted by atomic mass is 32.2. The molecule has 5 nitrogen and oxygen atoms in total. The van der Waals surface area contributed by atoms with Gasteiger partial charge in [-0.2, -0.15) is 4.31 Å². The van der Waals surface area contributed by atoms with Crippen LogP contribution in [-0.2, 0) is 14.8 Å². The Morgan fingerprint density at radius 3 is 2.10 bits per heavy atom. The largest absolute Gasteiger partial charge is 0.325 e. The molecule has 21 heavy (non-hydrogen) atoms. The SMILES string of the molecule is CN(CC(=O)Nc1ccccc1)S(=O)(=O)c1ccccc1. The third kappa shape index (κ3) is 3.90. The van der Waals surface area contributed by atoms with E-state index in [1.165, 1.54) is 19.2 Å². The summed E-state index contributed by atoms with van der Waals surface area (Å²) in [7, 11) is -2.27. The first-order valence-corrected chi connectivity index (χ1v) is 7.80. The van der Waals surface area contributed by atoms with E-state index in [1.54, 1.807) is 42.5 Å². The highest BCUT2D eigenvalue weighted by Gasteiger charge is 2.22. The van der Waals surface area contributed by atoms with Crippen molar-refractivity contribution in [2.45, 2.75) is 4.90 Å². The molecule has 0 atom stereocenters. The molecule has 0 fully saturated rings. The minimum Gasteiger partial charge on any atom is -0.325 e. The molecule has 6 heteroatoms. The lowest BCUT2D eigenvalue weighted by molar-refractivity contribution is -0.116. The van der Waals surface area contributed by atoms with Gasteiger partial charge >= 0.3 is 0 Å². The molecule has 0 spiro atoms. The van der Waals surface area contributed by atoms with Crippen LogP contribution in [0.4, 0.5) is 5.69 Å². The average Bonchev–Trinajstić information content (AvgIpc) is 2.49. The Labute approximate surface area is 124 Å². The van der Waals surface area contributed by atoms with E-state index in [0.717, 1.165) is 4.31 Å². The molecule has 0 saturated heterocycles. The molecule has 0 bridgehead atoms. The van der Waals surface area contributed by atoms with Gasteiger partial charge in [0, 0.05) is 12.7 Å². The standard InChI is InChI=1S/C15H16N2O3S/c1-17(21(19,20)14-10-6-3-7-11-14)12-15(18)16-13-8-4-2-5-9-13/h2-11H,12H2,1H3,(H,16,18).